The summed E-state index contributed by atoms with van der Waals surface area (Å²) >= 11 is 0. The van der Waals surface area contributed by atoms with E-state index in [1.165, 1.54) is 30.0 Å². The fourth-order valence-electron chi connectivity index (χ4n) is 3.09. The molecule has 1 aliphatic rings. The minimum atomic E-state index is -4.73. The molecule has 150 valence electrons. The van der Waals surface area contributed by atoms with Gasteiger partial charge in [-0.1, -0.05) is 18.2 Å². The van der Waals surface area contributed by atoms with E-state index in [9.17, 15) is 18.0 Å². The van der Waals surface area contributed by atoms with Crippen LogP contribution in [0.1, 0.15) is 6.42 Å². The van der Waals surface area contributed by atoms with Gasteiger partial charge in [-0.2, -0.15) is 0 Å². The molecule has 1 fully saturated rings. The molecule has 2 aromatic carbocycles. The number of hydrogen-bond donors (Lipinski definition) is 1. The fraction of sp³-hybridized carbons (Fsp3) is 0.350. The number of anilines is 2. The zero-order valence-electron chi connectivity index (χ0n) is 15.3. The number of para-hydroxylation sites is 1. The third kappa shape index (κ3) is 6.16. The molecule has 0 aliphatic carbocycles. The van der Waals surface area contributed by atoms with Crippen LogP contribution in [0.5, 0.6) is 5.75 Å². The summed E-state index contributed by atoms with van der Waals surface area (Å²) in [7, 11) is 0. The van der Waals surface area contributed by atoms with Gasteiger partial charge in [0, 0.05) is 50.5 Å². The van der Waals surface area contributed by atoms with Crippen molar-refractivity contribution < 1.29 is 22.7 Å². The van der Waals surface area contributed by atoms with Crippen molar-refractivity contribution in [3.05, 3.63) is 54.6 Å². The predicted molar refractivity (Wildman–Crippen MR) is 101 cm³/mol. The Morgan fingerprint density at radius 2 is 1.61 bits per heavy atom. The maximum absolute atomic E-state index is 12.2. The van der Waals surface area contributed by atoms with Gasteiger partial charge in [0.05, 0.1) is 0 Å². The SMILES string of the molecule is O=C(CCN1CCN(c2ccccc2)CC1)Nc1ccc(OC(F)(F)F)cc1. The first-order chi connectivity index (χ1) is 13.4. The van der Waals surface area contributed by atoms with Crippen molar-refractivity contribution in [2.45, 2.75) is 12.8 Å². The van der Waals surface area contributed by atoms with Crippen molar-refractivity contribution in [2.75, 3.05) is 42.9 Å². The van der Waals surface area contributed by atoms with Crippen molar-refractivity contribution in [1.29, 1.82) is 0 Å². The highest BCUT2D eigenvalue weighted by atomic mass is 19.4. The Morgan fingerprint density at radius 1 is 0.964 bits per heavy atom. The number of hydrogen-bond acceptors (Lipinski definition) is 4. The molecule has 1 aliphatic heterocycles. The van der Waals surface area contributed by atoms with E-state index in [0.29, 0.717) is 18.7 Å². The Balaban J connectivity index is 1.39. The highest BCUT2D eigenvalue weighted by Crippen LogP contribution is 2.24. The number of nitrogens with one attached hydrogen (secondary N) is 1. The van der Waals surface area contributed by atoms with Gasteiger partial charge in [-0.25, -0.2) is 0 Å². The predicted octanol–water partition coefficient (Wildman–Crippen LogP) is 3.74. The average molecular weight is 393 g/mol. The van der Waals surface area contributed by atoms with Gasteiger partial charge in [0.2, 0.25) is 5.91 Å². The molecule has 0 bridgehead atoms. The number of rotatable bonds is 6. The molecular weight excluding hydrogens is 371 g/mol. The quantitative estimate of drug-likeness (QED) is 0.812. The standard InChI is InChI=1S/C20H22F3N3O2/c21-20(22,23)28-18-8-6-16(7-9-18)24-19(27)10-11-25-12-14-26(15-13-25)17-4-2-1-3-5-17/h1-9H,10-15H2,(H,24,27). The van der Waals surface area contributed by atoms with Crippen molar-refractivity contribution in [2.24, 2.45) is 0 Å². The summed E-state index contributed by atoms with van der Waals surface area (Å²) in [4.78, 5) is 16.7. The molecule has 3 rings (SSSR count). The van der Waals surface area contributed by atoms with Crippen molar-refractivity contribution in [3.8, 4) is 5.75 Å². The third-order valence-electron chi connectivity index (χ3n) is 4.52. The second-order valence-corrected chi connectivity index (χ2v) is 6.53. The topological polar surface area (TPSA) is 44.8 Å². The summed E-state index contributed by atoms with van der Waals surface area (Å²) < 4.78 is 40.3. The van der Waals surface area contributed by atoms with E-state index in [2.05, 4.69) is 32.0 Å². The summed E-state index contributed by atoms with van der Waals surface area (Å²) in [6, 6.07) is 15.3. The lowest BCUT2D eigenvalue weighted by molar-refractivity contribution is -0.274. The highest BCUT2D eigenvalue weighted by Gasteiger charge is 2.31. The molecular formula is C20H22F3N3O2. The molecule has 0 atom stereocenters. The number of ether oxygens (including phenoxy) is 1. The van der Waals surface area contributed by atoms with Gasteiger partial charge < -0.3 is 15.0 Å². The van der Waals surface area contributed by atoms with Crippen molar-refractivity contribution in [1.82, 2.24) is 4.90 Å². The van der Waals surface area contributed by atoms with Crippen LogP contribution in [0.25, 0.3) is 0 Å². The molecule has 1 amide bonds. The number of piperazine rings is 1. The van der Waals surface area contributed by atoms with Crippen LogP contribution in [-0.2, 0) is 4.79 Å². The fourth-order valence-corrected chi connectivity index (χ4v) is 3.09. The second-order valence-electron chi connectivity index (χ2n) is 6.53. The van der Waals surface area contributed by atoms with Gasteiger partial charge in [0.15, 0.2) is 0 Å². The lowest BCUT2D eigenvalue weighted by Gasteiger charge is -2.36. The van der Waals surface area contributed by atoms with Gasteiger partial charge in [-0.3, -0.25) is 9.69 Å². The maximum atomic E-state index is 12.2. The van der Waals surface area contributed by atoms with E-state index in [-0.39, 0.29) is 11.7 Å². The summed E-state index contributed by atoms with van der Waals surface area (Å²) in [5.41, 5.74) is 1.64. The van der Waals surface area contributed by atoms with E-state index in [0.717, 1.165) is 26.2 Å². The molecule has 0 radical (unpaired) electrons. The number of amides is 1. The monoisotopic (exact) mass is 393 g/mol. The molecule has 0 aromatic heterocycles. The first-order valence-electron chi connectivity index (χ1n) is 9.07. The first-order valence-corrected chi connectivity index (χ1v) is 9.07. The Bertz CT molecular complexity index is 759. The van der Waals surface area contributed by atoms with Gasteiger partial charge >= 0.3 is 6.36 Å². The van der Waals surface area contributed by atoms with Crippen LogP contribution in [0.2, 0.25) is 0 Å². The smallest absolute Gasteiger partial charge is 0.406 e. The highest BCUT2D eigenvalue weighted by molar-refractivity contribution is 5.90. The normalized spacial score (nSPS) is 15.3. The third-order valence-corrected chi connectivity index (χ3v) is 4.52. The molecule has 28 heavy (non-hydrogen) atoms. The van der Waals surface area contributed by atoms with Gasteiger partial charge in [0.1, 0.15) is 5.75 Å². The van der Waals surface area contributed by atoms with Crippen LogP contribution in [0.15, 0.2) is 54.6 Å². The van der Waals surface area contributed by atoms with E-state index in [4.69, 9.17) is 0 Å². The zero-order valence-corrected chi connectivity index (χ0v) is 15.3. The minimum absolute atomic E-state index is 0.171. The van der Waals surface area contributed by atoms with Crippen LogP contribution in [0.3, 0.4) is 0 Å². The number of benzene rings is 2. The zero-order chi connectivity index (χ0) is 20.0. The van der Waals surface area contributed by atoms with E-state index < -0.39 is 6.36 Å². The number of carbonyl (C=O) groups is 1. The Morgan fingerprint density at radius 3 is 2.21 bits per heavy atom. The van der Waals surface area contributed by atoms with E-state index >= 15 is 0 Å². The van der Waals surface area contributed by atoms with E-state index in [1.54, 1.807) is 0 Å². The molecule has 8 heteroatoms. The maximum Gasteiger partial charge on any atom is 0.573 e. The molecule has 0 unspecified atom stereocenters. The molecule has 0 saturated carbocycles. The molecule has 1 saturated heterocycles. The lowest BCUT2D eigenvalue weighted by Crippen LogP contribution is -2.47. The van der Waals surface area contributed by atoms with Gasteiger partial charge in [-0.05, 0) is 36.4 Å². The number of carbonyl (C=O) groups excluding carboxylic acids is 1. The molecule has 1 heterocycles. The van der Waals surface area contributed by atoms with Gasteiger partial charge in [-0.15, -0.1) is 13.2 Å². The lowest BCUT2D eigenvalue weighted by atomic mass is 10.2. The summed E-state index contributed by atoms with van der Waals surface area (Å²) in [5.74, 6) is -0.489. The molecule has 5 nitrogen and oxygen atoms in total. The Labute approximate surface area is 161 Å². The number of alkyl halides is 3. The van der Waals surface area contributed by atoms with E-state index in [1.807, 2.05) is 18.2 Å². The molecule has 1 N–H and O–H groups in total. The molecule has 2 aromatic rings. The number of halogens is 3. The number of nitrogens with zero attached hydrogens (tertiary/aromatic N) is 2. The van der Waals surface area contributed by atoms with Crippen LogP contribution < -0.4 is 15.0 Å². The van der Waals surface area contributed by atoms with Crippen LogP contribution in [-0.4, -0.2) is 49.9 Å². The van der Waals surface area contributed by atoms with Gasteiger partial charge in [0.25, 0.3) is 0 Å². The Hall–Kier alpha value is -2.74. The second kappa shape index (κ2) is 8.97. The Kier molecular flexibility index (Phi) is 6.41. The summed E-state index contributed by atoms with van der Waals surface area (Å²) in [5, 5.41) is 2.69. The van der Waals surface area contributed by atoms with Crippen molar-refractivity contribution in [3.63, 3.8) is 0 Å². The van der Waals surface area contributed by atoms with Crippen LogP contribution in [0, 0.1) is 0 Å². The van der Waals surface area contributed by atoms with Crippen LogP contribution in [0.4, 0.5) is 24.5 Å². The minimum Gasteiger partial charge on any atom is -0.406 e. The largest absolute Gasteiger partial charge is 0.573 e. The van der Waals surface area contributed by atoms with Crippen LogP contribution >= 0.6 is 0 Å². The first kappa shape index (κ1) is 20.0. The van der Waals surface area contributed by atoms with Crippen molar-refractivity contribution >= 4 is 17.3 Å². The average Bonchev–Trinajstić information content (AvgIpc) is 2.68. The molecule has 0 spiro atoms. The summed E-state index contributed by atoms with van der Waals surface area (Å²) in [6.07, 6.45) is -4.40. The summed E-state index contributed by atoms with van der Waals surface area (Å²) in [6.45, 7) is 4.22.